The first-order valence-corrected chi connectivity index (χ1v) is 10.1. The molecule has 2 amide bonds. The van der Waals surface area contributed by atoms with Crippen molar-refractivity contribution in [2.24, 2.45) is 0 Å². The molecular weight excluding hydrogens is 390 g/mol. The van der Waals surface area contributed by atoms with Crippen LogP contribution in [0.1, 0.15) is 22.5 Å². The highest BCUT2D eigenvalue weighted by atomic mass is 35.5. The SMILES string of the molecule is O=C1CCc2cc(N3CCN(C(=O)c4cn5ccc(Cl)cc5n4)CC3)ccc2N1. The summed E-state index contributed by atoms with van der Waals surface area (Å²) >= 11 is 6.01. The monoisotopic (exact) mass is 409 g/mol. The zero-order chi connectivity index (χ0) is 20.0. The Morgan fingerprint density at radius 1 is 1.07 bits per heavy atom. The van der Waals surface area contributed by atoms with E-state index in [9.17, 15) is 9.59 Å². The molecule has 0 spiro atoms. The average Bonchev–Trinajstić information content (AvgIpc) is 3.16. The summed E-state index contributed by atoms with van der Waals surface area (Å²) in [5.74, 6) is 0.0178. The van der Waals surface area contributed by atoms with Crippen LogP contribution in [0.4, 0.5) is 11.4 Å². The van der Waals surface area contributed by atoms with Crippen LogP contribution >= 0.6 is 11.6 Å². The van der Waals surface area contributed by atoms with E-state index in [0.29, 0.717) is 35.9 Å². The van der Waals surface area contributed by atoms with Crippen LogP contribution in [0.5, 0.6) is 0 Å². The topological polar surface area (TPSA) is 70.0 Å². The minimum Gasteiger partial charge on any atom is -0.368 e. The quantitative estimate of drug-likeness (QED) is 0.706. The van der Waals surface area contributed by atoms with Gasteiger partial charge in [-0.05, 0) is 36.2 Å². The van der Waals surface area contributed by atoms with Gasteiger partial charge in [0.1, 0.15) is 11.3 Å². The van der Waals surface area contributed by atoms with Gasteiger partial charge in [0.15, 0.2) is 0 Å². The van der Waals surface area contributed by atoms with Crippen LogP contribution in [0.2, 0.25) is 5.02 Å². The molecule has 148 valence electrons. The van der Waals surface area contributed by atoms with Crippen molar-refractivity contribution in [3.63, 3.8) is 0 Å². The first-order valence-electron chi connectivity index (χ1n) is 9.68. The molecular formula is C21H20ClN5O2. The average molecular weight is 410 g/mol. The number of nitrogens with zero attached hydrogens (tertiary/aromatic N) is 4. The molecule has 0 atom stereocenters. The Morgan fingerprint density at radius 3 is 2.72 bits per heavy atom. The third kappa shape index (κ3) is 3.42. The predicted molar refractivity (Wildman–Crippen MR) is 112 cm³/mol. The molecule has 1 N–H and O–H groups in total. The van der Waals surface area contributed by atoms with E-state index in [1.807, 2.05) is 17.0 Å². The minimum absolute atomic E-state index is 0.0578. The van der Waals surface area contributed by atoms with Crippen LogP contribution in [0.15, 0.2) is 42.7 Å². The van der Waals surface area contributed by atoms with Crippen LogP contribution in [-0.4, -0.2) is 52.3 Å². The first kappa shape index (κ1) is 18.0. The van der Waals surface area contributed by atoms with Gasteiger partial charge in [-0.25, -0.2) is 4.98 Å². The van der Waals surface area contributed by atoms with Crippen molar-refractivity contribution in [3.05, 3.63) is 59.0 Å². The number of aryl methyl sites for hydroxylation is 1. The van der Waals surface area contributed by atoms with Crippen LogP contribution < -0.4 is 10.2 Å². The van der Waals surface area contributed by atoms with E-state index in [1.54, 1.807) is 28.9 Å². The summed E-state index contributed by atoms with van der Waals surface area (Å²) in [4.78, 5) is 33.0. The highest BCUT2D eigenvalue weighted by Crippen LogP contribution is 2.28. The molecule has 8 heteroatoms. The lowest BCUT2D eigenvalue weighted by molar-refractivity contribution is -0.116. The van der Waals surface area contributed by atoms with Gasteiger partial charge in [0.2, 0.25) is 5.91 Å². The molecule has 1 saturated heterocycles. The van der Waals surface area contributed by atoms with E-state index >= 15 is 0 Å². The number of halogens is 1. The number of benzene rings is 1. The molecule has 1 fully saturated rings. The smallest absolute Gasteiger partial charge is 0.274 e. The molecule has 0 saturated carbocycles. The fourth-order valence-electron chi connectivity index (χ4n) is 3.96. The Bertz CT molecular complexity index is 1120. The maximum atomic E-state index is 12.9. The number of hydrogen-bond acceptors (Lipinski definition) is 4. The summed E-state index contributed by atoms with van der Waals surface area (Å²) < 4.78 is 1.81. The molecule has 1 aromatic carbocycles. The summed E-state index contributed by atoms with van der Waals surface area (Å²) in [6.45, 7) is 2.80. The minimum atomic E-state index is -0.0578. The number of nitrogens with one attached hydrogen (secondary N) is 1. The van der Waals surface area contributed by atoms with Gasteiger partial charge in [-0.1, -0.05) is 11.6 Å². The summed E-state index contributed by atoms with van der Waals surface area (Å²) in [5, 5.41) is 3.51. The zero-order valence-electron chi connectivity index (χ0n) is 15.8. The number of carbonyl (C=O) groups is 2. The number of amides is 2. The standard InChI is InChI=1S/C21H20ClN5O2/c22-15-5-6-27-13-18(23-19(27)12-15)21(29)26-9-7-25(8-10-26)16-2-3-17-14(11-16)1-4-20(28)24-17/h2-3,5-6,11-13H,1,4,7-10H2,(H,24,28). The lowest BCUT2D eigenvalue weighted by Gasteiger charge is -2.36. The molecule has 0 bridgehead atoms. The number of aromatic nitrogens is 2. The number of pyridine rings is 1. The first-order chi connectivity index (χ1) is 14.1. The van der Waals surface area contributed by atoms with Gasteiger partial charge in [0, 0.05) is 67.5 Å². The molecule has 0 aliphatic carbocycles. The number of hydrogen-bond donors (Lipinski definition) is 1. The Balaban J connectivity index is 1.27. The Labute approximate surface area is 172 Å². The largest absolute Gasteiger partial charge is 0.368 e. The number of imidazole rings is 1. The number of piperazine rings is 1. The van der Waals surface area contributed by atoms with E-state index in [1.165, 1.54) is 5.56 Å². The van der Waals surface area contributed by atoms with Crippen molar-refractivity contribution < 1.29 is 9.59 Å². The number of fused-ring (bicyclic) bond motifs is 2. The highest BCUT2D eigenvalue weighted by molar-refractivity contribution is 6.30. The normalized spacial score (nSPS) is 16.7. The van der Waals surface area contributed by atoms with Crippen molar-refractivity contribution in [3.8, 4) is 0 Å². The molecule has 0 unspecified atom stereocenters. The lowest BCUT2D eigenvalue weighted by atomic mass is 10.0. The Morgan fingerprint density at radius 2 is 1.90 bits per heavy atom. The molecule has 2 aromatic heterocycles. The van der Waals surface area contributed by atoms with Crippen molar-refractivity contribution in [1.82, 2.24) is 14.3 Å². The van der Waals surface area contributed by atoms with E-state index in [0.717, 1.165) is 30.9 Å². The lowest BCUT2D eigenvalue weighted by Crippen LogP contribution is -2.49. The Kier molecular flexibility index (Phi) is 4.39. The van der Waals surface area contributed by atoms with Crippen molar-refractivity contribution in [2.75, 3.05) is 36.4 Å². The van der Waals surface area contributed by atoms with Gasteiger partial charge in [-0.2, -0.15) is 0 Å². The maximum absolute atomic E-state index is 12.9. The summed E-state index contributed by atoms with van der Waals surface area (Å²) in [7, 11) is 0. The van der Waals surface area contributed by atoms with Crippen molar-refractivity contribution in [1.29, 1.82) is 0 Å². The molecule has 3 aromatic rings. The van der Waals surface area contributed by atoms with Gasteiger partial charge in [-0.3, -0.25) is 9.59 Å². The van der Waals surface area contributed by atoms with Crippen molar-refractivity contribution in [2.45, 2.75) is 12.8 Å². The van der Waals surface area contributed by atoms with Gasteiger partial charge >= 0.3 is 0 Å². The van der Waals surface area contributed by atoms with Gasteiger partial charge in [0.25, 0.3) is 5.91 Å². The predicted octanol–water partition coefficient (Wildman–Crippen LogP) is 2.83. The molecule has 2 aliphatic heterocycles. The third-order valence-electron chi connectivity index (χ3n) is 5.56. The van der Waals surface area contributed by atoms with E-state index in [-0.39, 0.29) is 11.8 Å². The maximum Gasteiger partial charge on any atom is 0.274 e. The van der Waals surface area contributed by atoms with E-state index in [4.69, 9.17) is 11.6 Å². The Hall–Kier alpha value is -3.06. The van der Waals surface area contributed by atoms with Crippen LogP contribution in [0, 0.1) is 0 Å². The van der Waals surface area contributed by atoms with Crippen LogP contribution in [-0.2, 0) is 11.2 Å². The van der Waals surface area contributed by atoms with Crippen LogP contribution in [0.3, 0.4) is 0 Å². The molecule has 4 heterocycles. The number of anilines is 2. The summed E-state index contributed by atoms with van der Waals surface area (Å²) in [6.07, 6.45) is 4.85. The second-order valence-electron chi connectivity index (χ2n) is 7.41. The fourth-order valence-corrected chi connectivity index (χ4v) is 4.11. The van der Waals surface area contributed by atoms with Gasteiger partial charge < -0.3 is 19.5 Å². The molecule has 5 rings (SSSR count). The van der Waals surface area contributed by atoms with Crippen molar-refractivity contribution >= 4 is 40.4 Å². The van der Waals surface area contributed by atoms with E-state index in [2.05, 4.69) is 21.3 Å². The molecule has 7 nitrogen and oxygen atoms in total. The van der Waals surface area contributed by atoms with Gasteiger partial charge in [-0.15, -0.1) is 0 Å². The molecule has 0 radical (unpaired) electrons. The van der Waals surface area contributed by atoms with Gasteiger partial charge in [0.05, 0.1) is 0 Å². The highest BCUT2D eigenvalue weighted by Gasteiger charge is 2.25. The number of carbonyl (C=O) groups excluding carboxylic acids is 2. The molecule has 29 heavy (non-hydrogen) atoms. The zero-order valence-corrected chi connectivity index (χ0v) is 16.5. The summed E-state index contributed by atoms with van der Waals surface area (Å²) in [5.41, 5.74) is 4.31. The van der Waals surface area contributed by atoms with E-state index < -0.39 is 0 Å². The third-order valence-corrected chi connectivity index (χ3v) is 5.79. The fraction of sp³-hybridized carbons (Fsp3) is 0.286. The second kappa shape index (κ2) is 7.08. The second-order valence-corrected chi connectivity index (χ2v) is 7.84. The van der Waals surface area contributed by atoms with Crippen LogP contribution in [0.25, 0.3) is 5.65 Å². The number of rotatable bonds is 2. The summed E-state index contributed by atoms with van der Waals surface area (Å²) in [6, 6.07) is 9.68. The molecule has 2 aliphatic rings.